The Kier molecular flexibility index (Phi) is 8.60. The second kappa shape index (κ2) is 10.2. The summed E-state index contributed by atoms with van der Waals surface area (Å²) in [6, 6.07) is 5.31. The van der Waals surface area contributed by atoms with Gasteiger partial charge in [0.15, 0.2) is 5.96 Å². The number of rotatable bonds is 8. The van der Waals surface area contributed by atoms with E-state index in [0.29, 0.717) is 18.1 Å². The first-order valence-corrected chi connectivity index (χ1v) is 8.23. The van der Waals surface area contributed by atoms with E-state index in [1.807, 2.05) is 0 Å². The van der Waals surface area contributed by atoms with E-state index in [1.165, 1.54) is 6.07 Å². The highest BCUT2D eigenvalue weighted by Crippen LogP contribution is 2.29. The molecule has 1 rings (SSSR count). The fourth-order valence-electron chi connectivity index (χ4n) is 2.31. The highest BCUT2D eigenvalue weighted by molar-refractivity contribution is 5.79. The molecule has 0 radical (unpaired) electrons. The Morgan fingerprint density at radius 3 is 2.46 bits per heavy atom. The molecule has 7 heteroatoms. The normalized spacial score (nSPS) is 12.5. The molecule has 0 fully saturated rings. The van der Waals surface area contributed by atoms with Gasteiger partial charge in [-0.15, -0.1) is 0 Å². The van der Waals surface area contributed by atoms with Crippen molar-refractivity contribution < 1.29 is 13.2 Å². The van der Waals surface area contributed by atoms with E-state index >= 15 is 0 Å². The van der Waals surface area contributed by atoms with Crippen molar-refractivity contribution in [3.63, 3.8) is 0 Å². The fourth-order valence-corrected chi connectivity index (χ4v) is 2.31. The van der Waals surface area contributed by atoms with Gasteiger partial charge in [0, 0.05) is 20.1 Å². The lowest BCUT2D eigenvalue weighted by Gasteiger charge is -2.18. The van der Waals surface area contributed by atoms with Crippen molar-refractivity contribution in [3.05, 3.63) is 35.4 Å². The van der Waals surface area contributed by atoms with E-state index in [0.717, 1.165) is 44.7 Å². The lowest BCUT2D eigenvalue weighted by molar-refractivity contribution is -0.137. The van der Waals surface area contributed by atoms with Crippen LogP contribution in [0.15, 0.2) is 29.3 Å². The summed E-state index contributed by atoms with van der Waals surface area (Å²) in [6.45, 7) is 8.38. The maximum Gasteiger partial charge on any atom is 0.416 e. The predicted molar refractivity (Wildman–Crippen MR) is 92.1 cm³/mol. The average molecular weight is 344 g/mol. The Bertz CT molecular complexity index is 511. The Morgan fingerprint density at radius 1 is 1.17 bits per heavy atom. The SMILES string of the molecule is CCN(CC)CCCNC(=NC)NCc1cccc(C(F)(F)F)c1. The van der Waals surface area contributed by atoms with Crippen molar-refractivity contribution >= 4 is 5.96 Å². The molecule has 4 nitrogen and oxygen atoms in total. The van der Waals surface area contributed by atoms with Crippen LogP contribution in [0.5, 0.6) is 0 Å². The summed E-state index contributed by atoms with van der Waals surface area (Å²) in [4.78, 5) is 6.42. The van der Waals surface area contributed by atoms with Crippen molar-refractivity contribution in [2.75, 3.05) is 33.2 Å². The molecule has 0 aliphatic heterocycles. The number of hydrogen-bond acceptors (Lipinski definition) is 2. The van der Waals surface area contributed by atoms with Crippen molar-refractivity contribution in [1.82, 2.24) is 15.5 Å². The number of alkyl halides is 3. The van der Waals surface area contributed by atoms with Crippen LogP contribution in [0.1, 0.15) is 31.4 Å². The van der Waals surface area contributed by atoms with E-state index in [-0.39, 0.29) is 0 Å². The monoisotopic (exact) mass is 344 g/mol. The van der Waals surface area contributed by atoms with Gasteiger partial charge in [-0.2, -0.15) is 13.2 Å². The second-order valence-electron chi connectivity index (χ2n) is 5.43. The van der Waals surface area contributed by atoms with Gasteiger partial charge in [-0.25, -0.2) is 0 Å². The topological polar surface area (TPSA) is 39.7 Å². The molecular weight excluding hydrogens is 317 g/mol. The molecule has 1 aromatic carbocycles. The van der Waals surface area contributed by atoms with Crippen LogP contribution in [0.4, 0.5) is 13.2 Å². The molecule has 24 heavy (non-hydrogen) atoms. The maximum absolute atomic E-state index is 12.7. The third kappa shape index (κ3) is 7.21. The lowest BCUT2D eigenvalue weighted by Crippen LogP contribution is -2.38. The van der Waals surface area contributed by atoms with Gasteiger partial charge >= 0.3 is 6.18 Å². The van der Waals surface area contributed by atoms with Crippen LogP contribution in [0.3, 0.4) is 0 Å². The minimum atomic E-state index is -4.32. The maximum atomic E-state index is 12.7. The summed E-state index contributed by atoms with van der Waals surface area (Å²) in [6.07, 6.45) is -3.34. The molecule has 0 bridgehead atoms. The van der Waals surface area contributed by atoms with Crippen LogP contribution in [0.25, 0.3) is 0 Å². The number of aliphatic imine (C=N–C) groups is 1. The molecule has 0 aliphatic carbocycles. The molecule has 0 saturated heterocycles. The molecule has 0 saturated carbocycles. The first-order valence-electron chi connectivity index (χ1n) is 8.23. The van der Waals surface area contributed by atoms with Gasteiger partial charge in [-0.3, -0.25) is 4.99 Å². The van der Waals surface area contributed by atoms with Gasteiger partial charge in [0.25, 0.3) is 0 Å². The molecule has 0 aliphatic rings. The lowest BCUT2D eigenvalue weighted by atomic mass is 10.1. The molecule has 0 amide bonds. The molecular formula is C17H27F3N4. The summed E-state index contributed by atoms with van der Waals surface area (Å²) >= 11 is 0. The smallest absolute Gasteiger partial charge is 0.356 e. The van der Waals surface area contributed by atoms with Crippen LogP contribution in [-0.4, -0.2) is 44.1 Å². The number of hydrogen-bond donors (Lipinski definition) is 2. The average Bonchev–Trinajstić information content (AvgIpc) is 2.57. The molecule has 0 spiro atoms. The highest BCUT2D eigenvalue weighted by Gasteiger charge is 2.30. The largest absolute Gasteiger partial charge is 0.416 e. The van der Waals surface area contributed by atoms with Crippen LogP contribution in [0, 0.1) is 0 Å². The van der Waals surface area contributed by atoms with Crippen molar-refractivity contribution in [2.45, 2.75) is 33.0 Å². The van der Waals surface area contributed by atoms with Gasteiger partial charge in [0.1, 0.15) is 0 Å². The predicted octanol–water partition coefficient (Wildman–Crippen LogP) is 3.10. The minimum absolute atomic E-state index is 0.291. The Balaban J connectivity index is 2.42. The van der Waals surface area contributed by atoms with Gasteiger partial charge < -0.3 is 15.5 Å². The Hall–Kier alpha value is -1.76. The Labute approximate surface area is 142 Å². The molecule has 2 N–H and O–H groups in total. The number of guanidine groups is 1. The second-order valence-corrected chi connectivity index (χ2v) is 5.43. The van der Waals surface area contributed by atoms with E-state index in [9.17, 15) is 13.2 Å². The standard InChI is InChI=1S/C17H27F3N4/c1-4-24(5-2)11-7-10-22-16(21-3)23-13-14-8-6-9-15(12-14)17(18,19)20/h6,8-9,12H,4-5,7,10-11,13H2,1-3H3,(H2,21,22,23). The summed E-state index contributed by atoms with van der Waals surface area (Å²) in [5.74, 6) is 0.590. The van der Waals surface area contributed by atoms with Gasteiger partial charge in [0.05, 0.1) is 5.56 Å². The zero-order valence-corrected chi connectivity index (χ0v) is 14.6. The van der Waals surface area contributed by atoms with E-state index in [4.69, 9.17) is 0 Å². The zero-order chi connectivity index (χ0) is 18.0. The van der Waals surface area contributed by atoms with E-state index < -0.39 is 11.7 Å². The number of halogens is 3. The highest BCUT2D eigenvalue weighted by atomic mass is 19.4. The number of nitrogens with zero attached hydrogens (tertiary/aromatic N) is 2. The van der Waals surface area contributed by atoms with Crippen LogP contribution in [-0.2, 0) is 12.7 Å². The quantitative estimate of drug-likeness (QED) is 0.432. The van der Waals surface area contributed by atoms with Crippen LogP contribution < -0.4 is 10.6 Å². The summed E-state index contributed by atoms with van der Waals surface area (Å²) in [7, 11) is 1.64. The first-order chi connectivity index (χ1) is 11.4. The molecule has 0 unspecified atom stereocenters. The third-order valence-corrected chi connectivity index (χ3v) is 3.78. The molecule has 136 valence electrons. The third-order valence-electron chi connectivity index (χ3n) is 3.78. The Morgan fingerprint density at radius 2 is 1.88 bits per heavy atom. The van der Waals surface area contributed by atoms with E-state index in [2.05, 4.69) is 34.4 Å². The van der Waals surface area contributed by atoms with Gasteiger partial charge in [-0.1, -0.05) is 26.0 Å². The van der Waals surface area contributed by atoms with Crippen LogP contribution >= 0.6 is 0 Å². The zero-order valence-electron chi connectivity index (χ0n) is 14.6. The molecule has 0 atom stereocenters. The molecule has 1 aromatic rings. The number of benzene rings is 1. The fraction of sp³-hybridized carbons (Fsp3) is 0.588. The molecule has 0 aromatic heterocycles. The first kappa shape index (κ1) is 20.3. The van der Waals surface area contributed by atoms with Crippen LogP contribution in [0.2, 0.25) is 0 Å². The summed E-state index contributed by atoms with van der Waals surface area (Å²) in [5, 5.41) is 6.22. The van der Waals surface area contributed by atoms with E-state index in [1.54, 1.807) is 13.1 Å². The number of nitrogens with one attached hydrogen (secondary N) is 2. The van der Waals surface area contributed by atoms with Crippen molar-refractivity contribution in [2.24, 2.45) is 4.99 Å². The van der Waals surface area contributed by atoms with Crippen molar-refractivity contribution in [1.29, 1.82) is 0 Å². The van der Waals surface area contributed by atoms with Gasteiger partial charge in [-0.05, 0) is 43.8 Å². The minimum Gasteiger partial charge on any atom is -0.356 e. The molecule has 0 heterocycles. The summed E-state index contributed by atoms with van der Waals surface area (Å²) < 4.78 is 38.1. The summed E-state index contributed by atoms with van der Waals surface area (Å²) in [5.41, 5.74) is -0.0696. The van der Waals surface area contributed by atoms with Gasteiger partial charge in [0.2, 0.25) is 0 Å². The van der Waals surface area contributed by atoms with Crippen molar-refractivity contribution in [3.8, 4) is 0 Å².